The third-order valence-corrected chi connectivity index (χ3v) is 6.58. The summed E-state index contributed by atoms with van der Waals surface area (Å²) in [5.74, 6) is 0.255. The number of amides is 1. The van der Waals surface area contributed by atoms with E-state index in [2.05, 4.69) is 30.8 Å². The average Bonchev–Trinajstić information content (AvgIpc) is 2.75. The Labute approximate surface area is 200 Å². The van der Waals surface area contributed by atoms with Gasteiger partial charge in [-0.25, -0.2) is 8.42 Å². The summed E-state index contributed by atoms with van der Waals surface area (Å²) in [6.07, 6.45) is -0.736. The molecule has 0 spiro atoms. The van der Waals surface area contributed by atoms with Crippen molar-refractivity contribution in [1.82, 2.24) is 0 Å². The molecule has 0 unspecified atom stereocenters. The van der Waals surface area contributed by atoms with Crippen molar-refractivity contribution in [3.05, 3.63) is 83.4 Å². The maximum Gasteiger partial charge on any atom is 0.265 e. The number of anilines is 2. The Morgan fingerprint density at radius 3 is 1.97 bits per heavy atom. The summed E-state index contributed by atoms with van der Waals surface area (Å²) in [5, 5.41) is 3.25. The zero-order valence-corrected chi connectivity index (χ0v) is 20.5. The molecule has 0 aliphatic carbocycles. The molecule has 8 heteroatoms. The summed E-state index contributed by atoms with van der Waals surface area (Å²) >= 11 is 5.83. The van der Waals surface area contributed by atoms with Gasteiger partial charge < -0.3 is 10.1 Å². The quantitative estimate of drug-likeness (QED) is 0.439. The highest BCUT2D eigenvalue weighted by Gasteiger charge is 2.18. The molecule has 3 aromatic carbocycles. The van der Waals surface area contributed by atoms with Crippen LogP contribution < -0.4 is 14.8 Å². The van der Waals surface area contributed by atoms with E-state index in [1.54, 1.807) is 31.2 Å². The first-order chi connectivity index (χ1) is 15.4. The lowest BCUT2D eigenvalue weighted by atomic mass is 9.87. The van der Waals surface area contributed by atoms with Crippen molar-refractivity contribution < 1.29 is 17.9 Å². The molecule has 3 rings (SSSR count). The number of halogens is 1. The second-order valence-electron chi connectivity index (χ2n) is 8.66. The van der Waals surface area contributed by atoms with Gasteiger partial charge in [-0.1, -0.05) is 44.5 Å². The van der Waals surface area contributed by atoms with E-state index in [4.69, 9.17) is 16.3 Å². The van der Waals surface area contributed by atoms with Crippen LogP contribution in [0.25, 0.3) is 0 Å². The van der Waals surface area contributed by atoms with Crippen LogP contribution in [0.5, 0.6) is 5.75 Å². The first kappa shape index (κ1) is 24.6. The van der Waals surface area contributed by atoms with Crippen molar-refractivity contribution in [2.75, 3.05) is 10.0 Å². The number of hydrogen-bond donors (Lipinski definition) is 2. The number of carbonyl (C=O) groups is 1. The van der Waals surface area contributed by atoms with Crippen LogP contribution in [0.2, 0.25) is 5.02 Å². The fraction of sp³-hybridized carbons (Fsp3) is 0.240. The van der Waals surface area contributed by atoms with E-state index in [0.29, 0.717) is 22.1 Å². The summed E-state index contributed by atoms with van der Waals surface area (Å²) in [4.78, 5) is 12.6. The minimum absolute atomic E-state index is 0.0332. The van der Waals surface area contributed by atoms with Gasteiger partial charge in [0, 0.05) is 16.4 Å². The van der Waals surface area contributed by atoms with Crippen LogP contribution in [-0.2, 0) is 20.2 Å². The summed E-state index contributed by atoms with van der Waals surface area (Å²) in [7, 11) is -3.77. The molecular weight excluding hydrogens is 460 g/mol. The van der Waals surface area contributed by atoms with Crippen molar-refractivity contribution in [1.29, 1.82) is 0 Å². The van der Waals surface area contributed by atoms with Crippen LogP contribution in [-0.4, -0.2) is 20.4 Å². The highest BCUT2D eigenvalue weighted by atomic mass is 35.5. The SMILES string of the molecule is C[C@@H](Oc1ccc(C(C)(C)C)cc1)C(=O)Nc1ccc(S(=O)(=O)Nc2ccc(Cl)cc2)cc1. The van der Waals surface area contributed by atoms with Gasteiger partial charge in [0.25, 0.3) is 15.9 Å². The molecule has 0 aliphatic heterocycles. The van der Waals surface area contributed by atoms with E-state index in [9.17, 15) is 13.2 Å². The largest absolute Gasteiger partial charge is 0.481 e. The molecule has 1 amide bonds. The summed E-state index contributed by atoms with van der Waals surface area (Å²) in [6, 6.07) is 19.9. The summed E-state index contributed by atoms with van der Waals surface area (Å²) in [6.45, 7) is 8.04. The first-order valence-corrected chi connectivity index (χ1v) is 12.3. The van der Waals surface area contributed by atoms with E-state index in [0.717, 1.165) is 0 Å². The summed E-state index contributed by atoms with van der Waals surface area (Å²) in [5.41, 5.74) is 2.07. The molecule has 2 N–H and O–H groups in total. The summed E-state index contributed by atoms with van der Waals surface area (Å²) < 4.78 is 33.4. The van der Waals surface area contributed by atoms with Crippen LogP contribution in [0.3, 0.4) is 0 Å². The Morgan fingerprint density at radius 2 is 1.42 bits per heavy atom. The molecule has 0 bridgehead atoms. The first-order valence-electron chi connectivity index (χ1n) is 10.4. The highest BCUT2D eigenvalue weighted by molar-refractivity contribution is 7.92. The van der Waals surface area contributed by atoms with Crippen molar-refractivity contribution in [2.45, 2.75) is 44.1 Å². The van der Waals surface area contributed by atoms with Gasteiger partial charge in [0.15, 0.2) is 6.10 Å². The number of hydrogen-bond acceptors (Lipinski definition) is 4. The third-order valence-electron chi connectivity index (χ3n) is 4.93. The zero-order valence-electron chi connectivity index (χ0n) is 18.9. The average molecular weight is 487 g/mol. The number of ether oxygens (including phenoxy) is 1. The van der Waals surface area contributed by atoms with E-state index in [1.807, 2.05) is 24.3 Å². The van der Waals surface area contributed by atoms with Gasteiger partial charge in [-0.05, 0) is 78.6 Å². The number of rotatable bonds is 7. The zero-order chi connectivity index (χ0) is 24.2. The van der Waals surface area contributed by atoms with Crippen LogP contribution in [0, 0.1) is 0 Å². The normalized spacial score (nSPS) is 12.6. The van der Waals surface area contributed by atoms with E-state index in [-0.39, 0.29) is 16.2 Å². The molecule has 3 aromatic rings. The fourth-order valence-electron chi connectivity index (χ4n) is 2.98. The smallest absolute Gasteiger partial charge is 0.265 e. The fourth-order valence-corrected chi connectivity index (χ4v) is 4.17. The van der Waals surface area contributed by atoms with Crippen LogP contribution >= 0.6 is 11.6 Å². The predicted molar refractivity (Wildman–Crippen MR) is 133 cm³/mol. The van der Waals surface area contributed by atoms with Gasteiger partial charge in [-0.2, -0.15) is 0 Å². The Balaban J connectivity index is 1.60. The van der Waals surface area contributed by atoms with E-state index >= 15 is 0 Å². The molecule has 0 saturated carbocycles. The molecule has 0 heterocycles. The standard InChI is InChI=1S/C25H27ClN2O4S/c1-17(32-22-13-5-18(6-14-22)25(2,3)4)24(29)27-20-11-15-23(16-12-20)33(30,31)28-21-9-7-19(26)8-10-21/h5-17,28H,1-4H3,(H,27,29)/t17-/m1/s1. The molecule has 0 radical (unpaired) electrons. The second kappa shape index (κ2) is 9.85. The maximum atomic E-state index is 12.6. The van der Waals surface area contributed by atoms with Gasteiger partial charge in [0.1, 0.15) is 5.75 Å². The van der Waals surface area contributed by atoms with Crippen molar-refractivity contribution in [2.24, 2.45) is 0 Å². The van der Waals surface area contributed by atoms with Crippen LogP contribution in [0.1, 0.15) is 33.3 Å². The lowest BCUT2D eigenvalue weighted by Crippen LogP contribution is -2.30. The second-order valence-corrected chi connectivity index (χ2v) is 10.8. The highest BCUT2D eigenvalue weighted by Crippen LogP contribution is 2.25. The van der Waals surface area contributed by atoms with E-state index < -0.39 is 16.1 Å². The van der Waals surface area contributed by atoms with Crippen LogP contribution in [0.4, 0.5) is 11.4 Å². The molecule has 1 atom stereocenters. The van der Waals surface area contributed by atoms with Gasteiger partial charge in [-0.3, -0.25) is 9.52 Å². The third kappa shape index (κ3) is 6.73. The molecule has 6 nitrogen and oxygen atoms in total. The predicted octanol–water partition coefficient (Wildman–Crippen LogP) is 5.84. The number of nitrogens with one attached hydrogen (secondary N) is 2. The maximum absolute atomic E-state index is 12.6. The van der Waals surface area contributed by atoms with E-state index in [1.165, 1.54) is 29.8 Å². The van der Waals surface area contributed by atoms with Crippen molar-refractivity contribution >= 4 is 38.9 Å². The lowest BCUT2D eigenvalue weighted by molar-refractivity contribution is -0.122. The molecule has 174 valence electrons. The molecule has 0 saturated heterocycles. The van der Waals surface area contributed by atoms with Gasteiger partial charge in [0.2, 0.25) is 0 Å². The number of carbonyl (C=O) groups excluding carboxylic acids is 1. The van der Waals surface area contributed by atoms with Gasteiger partial charge >= 0.3 is 0 Å². The molecule has 0 aliphatic rings. The molecule has 0 aromatic heterocycles. The van der Waals surface area contributed by atoms with Crippen molar-refractivity contribution in [3.63, 3.8) is 0 Å². The minimum atomic E-state index is -3.77. The molecule has 33 heavy (non-hydrogen) atoms. The topological polar surface area (TPSA) is 84.5 Å². The Kier molecular flexibility index (Phi) is 7.34. The minimum Gasteiger partial charge on any atom is -0.481 e. The lowest BCUT2D eigenvalue weighted by Gasteiger charge is -2.20. The molecule has 0 fully saturated rings. The Bertz CT molecular complexity index is 1200. The van der Waals surface area contributed by atoms with Gasteiger partial charge in [-0.15, -0.1) is 0 Å². The molecular formula is C25H27ClN2O4S. The van der Waals surface area contributed by atoms with Gasteiger partial charge in [0.05, 0.1) is 4.90 Å². The van der Waals surface area contributed by atoms with Crippen molar-refractivity contribution in [3.8, 4) is 5.75 Å². The Hall–Kier alpha value is -3.03. The monoisotopic (exact) mass is 486 g/mol. The number of benzene rings is 3. The number of sulfonamides is 1. The van der Waals surface area contributed by atoms with Crippen LogP contribution in [0.15, 0.2) is 77.7 Å². The Morgan fingerprint density at radius 1 is 0.879 bits per heavy atom.